The third kappa shape index (κ3) is 2.79. The van der Waals surface area contributed by atoms with Gasteiger partial charge in [-0.25, -0.2) is 9.97 Å². The highest BCUT2D eigenvalue weighted by atomic mass is 32.1. The van der Waals surface area contributed by atoms with E-state index in [0.717, 1.165) is 27.5 Å². The molecule has 0 aromatic carbocycles. The van der Waals surface area contributed by atoms with Crippen LogP contribution in [0.15, 0.2) is 22.6 Å². The number of thiazole rings is 1. The van der Waals surface area contributed by atoms with Crippen LogP contribution in [-0.4, -0.2) is 27.6 Å². The average Bonchev–Trinajstić information content (AvgIpc) is 3.15. The zero-order valence-electron chi connectivity index (χ0n) is 13.2. The van der Waals surface area contributed by atoms with Crippen LogP contribution < -0.4 is 10.5 Å². The first-order chi connectivity index (χ1) is 11.2. The van der Waals surface area contributed by atoms with Crippen LogP contribution in [-0.2, 0) is 13.0 Å². The van der Waals surface area contributed by atoms with Gasteiger partial charge in [-0.1, -0.05) is 6.92 Å². The van der Waals surface area contributed by atoms with Gasteiger partial charge in [0.25, 0.3) is 5.56 Å². The third-order valence-corrected chi connectivity index (χ3v) is 6.35. The molecule has 0 unspecified atom stereocenters. The summed E-state index contributed by atoms with van der Waals surface area (Å²) < 4.78 is 1.66. The topological polar surface area (TPSA) is 51.0 Å². The minimum atomic E-state index is 0.0241. The molecule has 0 saturated heterocycles. The van der Waals surface area contributed by atoms with Crippen LogP contribution in [0.3, 0.4) is 0 Å². The smallest absolute Gasteiger partial charge is 0.262 e. The molecular weight excluding hydrogens is 328 g/mol. The Morgan fingerprint density at radius 2 is 2.26 bits per heavy atom. The average molecular weight is 346 g/mol. The Hall–Kier alpha value is -1.73. The van der Waals surface area contributed by atoms with Crippen molar-refractivity contribution in [2.75, 3.05) is 11.9 Å². The van der Waals surface area contributed by atoms with Gasteiger partial charge < -0.3 is 4.90 Å². The lowest BCUT2D eigenvalue weighted by molar-refractivity contribution is 0.733. The largest absolute Gasteiger partial charge is 0.348 e. The number of aromatic nitrogens is 3. The normalized spacial score (nSPS) is 14.5. The molecule has 5 nitrogen and oxygen atoms in total. The van der Waals surface area contributed by atoms with E-state index in [4.69, 9.17) is 0 Å². The number of nitrogens with zero attached hydrogens (tertiary/aromatic N) is 4. The molecule has 0 spiro atoms. The molecule has 1 fully saturated rings. The lowest BCUT2D eigenvalue weighted by atomic mass is 10.3. The standard InChI is InChI=1S/C16H18N4OS2/c1-3-12-6-13-14(23-12)17-9-20(15(13)21)7-10-8-22-16(18-10)19(2)11-4-5-11/h6,8-9,11H,3-5,7H2,1-2H3. The lowest BCUT2D eigenvalue weighted by Gasteiger charge is -2.13. The molecule has 0 aliphatic heterocycles. The molecule has 3 heterocycles. The fraction of sp³-hybridized carbons (Fsp3) is 0.438. The molecule has 0 atom stereocenters. The van der Waals surface area contributed by atoms with Gasteiger partial charge in [-0.2, -0.15) is 0 Å². The molecule has 23 heavy (non-hydrogen) atoms. The van der Waals surface area contributed by atoms with Gasteiger partial charge in [-0.15, -0.1) is 22.7 Å². The van der Waals surface area contributed by atoms with Crippen LogP contribution in [0.4, 0.5) is 5.13 Å². The zero-order valence-corrected chi connectivity index (χ0v) is 14.8. The molecule has 0 radical (unpaired) electrons. The summed E-state index contributed by atoms with van der Waals surface area (Å²) in [7, 11) is 2.09. The van der Waals surface area contributed by atoms with Gasteiger partial charge in [-0.05, 0) is 25.3 Å². The van der Waals surface area contributed by atoms with Gasteiger partial charge in [0.1, 0.15) is 4.83 Å². The van der Waals surface area contributed by atoms with Gasteiger partial charge >= 0.3 is 0 Å². The Balaban J connectivity index is 1.62. The van der Waals surface area contributed by atoms with Crippen molar-refractivity contribution in [3.63, 3.8) is 0 Å². The Labute approximate surface area is 142 Å². The minimum Gasteiger partial charge on any atom is -0.348 e. The zero-order chi connectivity index (χ0) is 16.0. The molecule has 120 valence electrons. The fourth-order valence-electron chi connectivity index (χ4n) is 2.62. The Morgan fingerprint density at radius 1 is 1.43 bits per heavy atom. The second-order valence-corrected chi connectivity index (χ2v) is 7.88. The second-order valence-electron chi connectivity index (χ2n) is 5.93. The van der Waals surface area contributed by atoms with E-state index in [1.807, 2.05) is 11.4 Å². The molecule has 0 N–H and O–H groups in total. The van der Waals surface area contributed by atoms with Crippen LogP contribution in [0.25, 0.3) is 10.2 Å². The van der Waals surface area contributed by atoms with Gasteiger partial charge in [0, 0.05) is 23.3 Å². The monoisotopic (exact) mass is 346 g/mol. The van der Waals surface area contributed by atoms with Crippen LogP contribution in [0.5, 0.6) is 0 Å². The van der Waals surface area contributed by atoms with Crippen LogP contribution in [0.1, 0.15) is 30.3 Å². The van der Waals surface area contributed by atoms with E-state index in [9.17, 15) is 4.79 Å². The molecular formula is C16H18N4OS2. The SMILES string of the molecule is CCc1cc2c(=O)n(Cc3csc(N(C)C4CC4)n3)cnc2s1. The first-order valence-electron chi connectivity index (χ1n) is 7.81. The summed E-state index contributed by atoms with van der Waals surface area (Å²) in [4.78, 5) is 26.0. The summed E-state index contributed by atoms with van der Waals surface area (Å²) in [5.41, 5.74) is 0.947. The van der Waals surface area contributed by atoms with Crippen molar-refractivity contribution < 1.29 is 0 Å². The molecule has 1 saturated carbocycles. The Kier molecular flexibility index (Phi) is 3.69. The van der Waals surface area contributed by atoms with Crippen molar-refractivity contribution in [3.8, 4) is 0 Å². The van der Waals surface area contributed by atoms with E-state index in [1.165, 1.54) is 17.7 Å². The van der Waals surface area contributed by atoms with Gasteiger partial charge in [0.05, 0.1) is 24.0 Å². The number of aryl methyl sites for hydroxylation is 1. The molecule has 1 aliphatic carbocycles. The maximum atomic E-state index is 12.6. The summed E-state index contributed by atoms with van der Waals surface area (Å²) in [6, 6.07) is 2.62. The van der Waals surface area contributed by atoms with E-state index in [1.54, 1.807) is 33.6 Å². The summed E-state index contributed by atoms with van der Waals surface area (Å²) in [5.74, 6) is 0. The molecule has 3 aromatic rings. The van der Waals surface area contributed by atoms with E-state index in [0.29, 0.717) is 12.6 Å². The summed E-state index contributed by atoms with van der Waals surface area (Å²) in [5, 5.41) is 3.80. The lowest BCUT2D eigenvalue weighted by Crippen LogP contribution is -2.21. The highest BCUT2D eigenvalue weighted by Gasteiger charge is 2.28. The second kappa shape index (κ2) is 5.72. The van der Waals surface area contributed by atoms with Crippen LogP contribution in [0, 0.1) is 0 Å². The van der Waals surface area contributed by atoms with Crippen LogP contribution >= 0.6 is 22.7 Å². The quantitative estimate of drug-likeness (QED) is 0.712. The van der Waals surface area contributed by atoms with Gasteiger partial charge in [0.2, 0.25) is 0 Å². The Morgan fingerprint density at radius 3 is 3.00 bits per heavy atom. The highest BCUT2D eigenvalue weighted by Crippen LogP contribution is 2.32. The number of rotatable bonds is 5. The molecule has 1 aliphatic rings. The summed E-state index contributed by atoms with van der Waals surface area (Å²) in [6.45, 7) is 2.57. The van der Waals surface area contributed by atoms with Crippen molar-refractivity contribution in [1.82, 2.24) is 14.5 Å². The maximum absolute atomic E-state index is 12.6. The van der Waals surface area contributed by atoms with Gasteiger partial charge in [-0.3, -0.25) is 9.36 Å². The molecule has 0 amide bonds. The summed E-state index contributed by atoms with van der Waals surface area (Å²) >= 11 is 3.24. The van der Waals surface area contributed by atoms with Crippen molar-refractivity contribution in [2.24, 2.45) is 0 Å². The Bertz CT molecular complexity index is 906. The first-order valence-corrected chi connectivity index (χ1v) is 9.50. The number of hydrogen-bond donors (Lipinski definition) is 0. The van der Waals surface area contributed by atoms with E-state index < -0.39 is 0 Å². The first kappa shape index (κ1) is 14.8. The fourth-order valence-corrected chi connectivity index (χ4v) is 4.40. The molecule has 7 heteroatoms. The van der Waals surface area contributed by atoms with E-state index in [2.05, 4.69) is 28.8 Å². The van der Waals surface area contributed by atoms with Crippen molar-refractivity contribution in [1.29, 1.82) is 0 Å². The van der Waals surface area contributed by atoms with Crippen molar-refractivity contribution >= 4 is 38.0 Å². The van der Waals surface area contributed by atoms with E-state index >= 15 is 0 Å². The number of fused-ring (bicyclic) bond motifs is 1. The molecule has 0 bridgehead atoms. The third-order valence-electron chi connectivity index (χ3n) is 4.19. The van der Waals surface area contributed by atoms with E-state index in [-0.39, 0.29) is 5.56 Å². The van der Waals surface area contributed by atoms with Crippen molar-refractivity contribution in [3.05, 3.63) is 38.7 Å². The maximum Gasteiger partial charge on any atom is 0.262 e. The number of thiophene rings is 1. The molecule has 4 rings (SSSR count). The number of hydrogen-bond acceptors (Lipinski definition) is 6. The number of anilines is 1. The molecule has 3 aromatic heterocycles. The minimum absolute atomic E-state index is 0.0241. The predicted molar refractivity (Wildman–Crippen MR) is 95.9 cm³/mol. The van der Waals surface area contributed by atoms with Crippen molar-refractivity contribution in [2.45, 2.75) is 38.8 Å². The highest BCUT2D eigenvalue weighted by molar-refractivity contribution is 7.18. The van der Waals surface area contributed by atoms with Gasteiger partial charge in [0.15, 0.2) is 5.13 Å². The van der Waals surface area contributed by atoms with Crippen LogP contribution in [0.2, 0.25) is 0 Å². The summed E-state index contributed by atoms with van der Waals surface area (Å²) in [6.07, 6.45) is 5.08. The predicted octanol–water partition coefficient (Wildman–Crippen LogP) is 3.12.